The van der Waals surface area contributed by atoms with E-state index in [4.69, 9.17) is 14.2 Å². The highest BCUT2D eigenvalue weighted by Crippen LogP contribution is 2.13. The molecule has 304 valence electrons. The zero-order valence-corrected chi connectivity index (χ0v) is 34.8. The van der Waals surface area contributed by atoms with Crippen LogP contribution in [0.4, 0.5) is 0 Å². The molecule has 0 aliphatic heterocycles. The minimum Gasteiger partial charge on any atom is -0.462 e. The monoisotopic (exact) mass is 731 g/mol. The van der Waals surface area contributed by atoms with Gasteiger partial charge in [0.1, 0.15) is 6.61 Å². The van der Waals surface area contributed by atoms with Crippen molar-refractivity contribution in [2.75, 3.05) is 19.8 Å². The molecule has 0 aromatic heterocycles. The molecule has 0 aliphatic carbocycles. The predicted octanol–water partition coefficient (Wildman–Crippen LogP) is 14.7. The van der Waals surface area contributed by atoms with E-state index in [0.29, 0.717) is 19.4 Å². The minimum atomic E-state index is -0.534. The van der Waals surface area contributed by atoms with Crippen LogP contribution in [0.25, 0.3) is 0 Å². The van der Waals surface area contributed by atoms with Gasteiger partial charge in [-0.1, -0.05) is 179 Å². The summed E-state index contributed by atoms with van der Waals surface area (Å²) in [7, 11) is 0. The molecule has 0 aliphatic rings. The van der Waals surface area contributed by atoms with E-state index in [2.05, 4.69) is 57.2 Å². The van der Waals surface area contributed by atoms with Crippen LogP contribution >= 0.6 is 0 Å². The third-order valence-electron chi connectivity index (χ3n) is 9.65. The highest BCUT2D eigenvalue weighted by atomic mass is 16.6. The van der Waals surface area contributed by atoms with E-state index in [9.17, 15) is 9.59 Å². The van der Waals surface area contributed by atoms with Crippen molar-refractivity contribution in [2.24, 2.45) is 0 Å². The second-order valence-corrected chi connectivity index (χ2v) is 15.0. The van der Waals surface area contributed by atoms with Gasteiger partial charge >= 0.3 is 11.9 Å². The molecule has 0 spiro atoms. The first-order valence-corrected chi connectivity index (χ1v) is 22.5. The number of esters is 2. The SMILES string of the molecule is CCCC/C=C\CCCCCCCC(=O)OCC(COCCCCCCCCCC/C=C\C/C=C\CCCCC)OC(=O)CCCCCCCCC. The maximum absolute atomic E-state index is 12.6. The van der Waals surface area contributed by atoms with Crippen molar-refractivity contribution in [1.29, 1.82) is 0 Å². The zero-order valence-electron chi connectivity index (χ0n) is 34.8. The summed E-state index contributed by atoms with van der Waals surface area (Å²) in [6, 6.07) is 0. The van der Waals surface area contributed by atoms with Gasteiger partial charge in [-0.3, -0.25) is 9.59 Å². The average Bonchev–Trinajstić information content (AvgIpc) is 3.14. The summed E-state index contributed by atoms with van der Waals surface area (Å²) in [6.07, 6.45) is 50.1. The van der Waals surface area contributed by atoms with Crippen LogP contribution in [0, 0.1) is 0 Å². The van der Waals surface area contributed by atoms with E-state index in [0.717, 1.165) is 57.8 Å². The molecule has 0 rings (SSSR count). The van der Waals surface area contributed by atoms with E-state index in [1.807, 2.05) is 0 Å². The largest absolute Gasteiger partial charge is 0.462 e. The van der Waals surface area contributed by atoms with Crippen molar-refractivity contribution < 1.29 is 23.8 Å². The van der Waals surface area contributed by atoms with E-state index in [-0.39, 0.29) is 25.2 Å². The third kappa shape index (κ3) is 40.9. The topological polar surface area (TPSA) is 61.8 Å². The van der Waals surface area contributed by atoms with Gasteiger partial charge in [0.15, 0.2) is 6.10 Å². The molecule has 0 amide bonds. The van der Waals surface area contributed by atoms with Gasteiger partial charge in [-0.05, 0) is 70.6 Å². The van der Waals surface area contributed by atoms with Crippen molar-refractivity contribution in [3.8, 4) is 0 Å². The van der Waals surface area contributed by atoms with E-state index < -0.39 is 6.10 Å². The standard InChI is InChI=1S/C47H86O5/c1-4-7-10-13-16-18-20-21-22-23-24-25-26-28-30-33-36-39-42-50-43-45(52-47(49)41-38-35-31-15-12-9-6-3)44-51-46(48)40-37-34-32-29-27-19-17-14-11-8-5-2/h14,16-18,21-22,45H,4-13,15,19-20,23-44H2,1-3H3/b17-14-,18-16-,22-21-. The zero-order chi connectivity index (χ0) is 37.8. The fraction of sp³-hybridized carbons (Fsp3) is 0.830. The second kappa shape index (κ2) is 43.5. The molecule has 5 nitrogen and oxygen atoms in total. The Morgan fingerprint density at radius 3 is 1.38 bits per heavy atom. The van der Waals surface area contributed by atoms with Gasteiger partial charge in [0.2, 0.25) is 0 Å². The Morgan fingerprint density at radius 2 is 0.827 bits per heavy atom. The van der Waals surface area contributed by atoms with Crippen LogP contribution in [-0.2, 0) is 23.8 Å². The molecule has 0 bridgehead atoms. The quantitative estimate of drug-likeness (QED) is 0.0356. The summed E-state index contributed by atoms with van der Waals surface area (Å²) in [4.78, 5) is 25.1. The molecule has 1 atom stereocenters. The minimum absolute atomic E-state index is 0.0813. The summed E-state index contributed by atoms with van der Waals surface area (Å²) >= 11 is 0. The summed E-state index contributed by atoms with van der Waals surface area (Å²) in [6.45, 7) is 7.72. The number of allylic oxidation sites excluding steroid dienone is 6. The van der Waals surface area contributed by atoms with E-state index in [1.165, 1.54) is 135 Å². The maximum Gasteiger partial charge on any atom is 0.306 e. The molecule has 0 fully saturated rings. The number of carbonyl (C=O) groups excluding carboxylic acids is 2. The molecule has 0 N–H and O–H groups in total. The molecular formula is C47H86O5. The summed E-state index contributed by atoms with van der Waals surface area (Å²) in [5.41, 5.74) is 0. The van der Waals surface area contributed by atoms with Gasteiger partial charge in [0, 0.05) is 19.4 Å². The summed E-state index contributed by atoms with van der Waals surface area (Å²) < 4.78 is 17.2. The van der Waals surface area contributed by atoms with Gasteiger partial charge in [-0.15, -0.1) is 0 Å². The molecule has 0 saturated carbocycles. The second-order valence-electron chi connectivity index (χ2n) is 15.0. The molecular weight excluding hydrogens is 645 g/mol. The van der Waals surface area contributed by atoms with Crippen molar-refractivity contribution in [2.45, 2.75) is 232 Å². The number of hydrogen-bond donors (Lipinski definition) is 0. The molecule has 1 unspecified atom stereocenters. The third-order valence-corrected chi connectivity index (χ3v) is 9.65. The van der Waals surface area contributed by atoms with Crippen molar-refractivity contribution in [3.05, 3.63) is 36.5 Å². The Hall–Kier alpha value is -1.88. The lowest BCUT2D eigenvalue weighted by Gasteiger charge is -2.18. The Kier molecular flexibility index (Phi) is 42.0. The highest BCUT2D eigenvalue weighted by Gasteiger charge is 2.17. The summed E-state index contributed by atoms with van der Waals surface area (Å²) in [5, 5.41) is 0. The first-order chi connectivity index (χ1) is 25.6. The number of carbonyl (C=O) groups is 2. The van der Waals surface area contributed by atoms with Crippen LogP contribution < -0.4 is 0 Å². The fourth-order valence-corrected chi connectivity index (χ4v) is 6.23. The molecule has 0 aromatic rings. The van der Waals surface area contributed by atoms with Crippen LogP contribution in [-0.4, -0.2) is 37.9 Å². The number of ether oxygens (including phenoxy) is 3. The Morgan fingerprint density at radius 1 is 0.423 bits per heavy atom. The van der Waals surface area contributed by atoms with Crippen molar-refractivity contribution in [3.63, 3.8) is 0 Å². The molecule has 52 heavy (non-hydrogen) atoms. The van der Waals surface area contributed by atoms with Crippen molar-refractivity contribution in [1.82, 2.24) is 0 Å². The van der Waals surface area contributed by atoms with E-state index in [1.54, 1.807) is 0 Å². The number of hydrogen-bond acceptors (Lipinski definition) is 5. The fourth-order valence-electron chi connectivity index (χ4n) is 6.23. The van der Waals surface area contributed by atoms with Gasteiger partial charge in [0.05, 0.1) is 6.61 Å². The van der Waals surface area contributed by atoms with Gasteiger partial charge in [0.25, 0.3) is 0 Å². The molecule has 0 saturated heterocycles. The molecule has 0 heterocycles. The maximum atomic E-state index is 12.6. The van der Waals surface area contributed by atoms with Crippen molar-refractivity contribution >= 4 is 11.9 Å². The average molecular weight is 731 g/mol. The summed E-state index contributed by atoms with van der Waals surface area (Å²) in [5.74, 6) is -0.413. The molecule has 0 radical (unpaired) electrons. The van der Waals surface area contributed by atoms with Crippen LogP contribution in [0.1, 0.15) is 226 Å². The van der Waals surface area contributed by atoms with Gasteiger partial charge in [-0.2, -0.15) is 0 Å². The van der Waals surface area contributed by atoms with Crippen LogP contribution in [0.5, 0.6) is 0 Å². The number of rotatable bonds is 41. The predicted molar refractivity (Wildman–Crippen MR) is 224 cm³/mol. The smallest absolute Gasteiger partial charge is 0.306 e. The van der Waals surface area contributed by atoms with Gasteiger partial charge < -0.3 is 14.2 Å². The highest BCUT2D eigenvalue weighted by molar-refractivity contribution is 5.70. The molecule has 5 heteroatoms. The van der Waals surface area contributed by atoms with Crippen LogP contribution in [0.15, 0.2) is 36.5 Å². The van der Waals surface area contributed by atoms with Crippen LogP contribution in [0.3, 0.4) is 0 Å². The van der Waals surface area contributed by atoms with Gasteiger partial charge in [-0.25, -0.2) is 0 Å². The first kappa shape index (κ1) is 50.1. The lowest BCUT2D eigenvalue weighted by atomic mass is 10.1. The first-order valence-electron chi connectivity index (χ1n) is 22.5. The Balaban J connectivity index is 4.13. The number of unbranched alkanes of at least 4 members (excludes halogenated alkanes) is 24. The molecule has 0 aromatic carbocycles. The lowest BCUT2D eigenvalue weighted by molar-refractivity contribution is -0.163. The normalized spacial score (nSPS) is 12.4. The van der Waals surface area contributed by atoms with Crippen LogP contribution in [0.2, 0.25) is 0 Å². The Labute approximate surface area is 323 Å². The lowest BCUT2D eigenvalue weighted by Crippen LogP contribution is -2.30. The Bertz CT molecular complexity index is 832. The van der Waals surface area contributed by atoms with E-state index >= 15 is 0 Å².